The van der Waals surface area contributed by atoms with E-state index in [0.717, 1.165) is 0 Å². The van der Waals surface area contributed by atoms with Crippen molar-refractivity contribution in [1.82, 2.24) is 4.98 Å². The van der Waals surface area contributed by atoms with Crippen molar-refractivity contribution in [2.45, 2.75) is 0 Å². The van der Waals surface area contributed by atoms with Crippen LogP contribution in [0.5, 0.6) is 0 Å². The van der Waals surface area contributed by atoms with Crippen molar-refractivity contribution in [3.8, 4) is 6.07 Å². The number of nitrogens with zero attached hydrogens (tertiary/aromatic N) is 2. The predicted octanol–water partition coefficient (Wildman–Crippen LogP) is 2.93. The Bertz CT molecular complexity index is 589. The number of halogens is 1. The zero-order chi connectivity index (χ0) is 12.3. The van der Waals surface area contributed by atoms with E-state index in [0.29, 0.717) is 27.8 Å². The highest BCUT2D eigenvalue weighted by atomic mass is 35.5. The van der Waals surface area contributed by atoms with E-state index in [1.54, 1.807) is 24.3 Å². The van der Waals surface area contributed by atoms with Gasteiger partial charge in [0.2, 0.25) is 0 Å². The van der Waals surface area contributed by atoms with Crippen molar-refractivity contribution in [1.29, 1.82) is 5.26 Å². The molecule has 1 aromatic carbocycles. The molecule has 1 heterocycles. The summed E-state index contributed by atoms with van der Waals surface area (Å²) in [4.78, 5) is 4.07. The Hall–Kier alpha value is -2.25. The molecule has 2 rings (SSSR count). The summed E-state index contributed by atoms with van der Waals surface area (Å²) in [5.74, 6) is 0.483. The maximum Gasteiger partial charge on any atom is 0.153 e. The molecule has 0 aliphatic rings. The number of anilines is 3. The van der Waals surface area contributed by atoms with Gasteiger partial charge in [-0.3, -0.25) is 0 Å². The standard InChI is InChI=1S/C12H9ClN4/c13-9-5-10(15)12(16-7-9)17-11-4-2-1-3-8(11)6-14/h1-5,7H,15H2,(H,16,17). The molecule has 4 nitrogen and oxygen atoms in total. The Morgan fingerprint density at radius 1 is 1.35 bits per heavy atom. The first kappa shape index (κ1) is 11.2. The summed E-state index contributed by atoms with van der Waals surface area (Å²) < 4.78 is 0. The highest BCUT2D eigenvalue weighted by Crippen LogP contribution is 2.24. The van der Waals surface area contributed by atoms with Crippen LogP contribution in [0.1, 0.15) is 5.56 Å². The minimum atomic E-state index is 0.435. The Morgan fingerprint density at radius 2 is 2.12 bits per heavy atom. The average molecular weight is 245 g/mol. The molecule has 0 unspecified atom stereocenters. The Kier molecular flexibility index (Phi) is 3.12. The molecule has 5 heteroatoms. The molecule has 3 N–H and O–H groups in total. The Balaban J connectivity index is 2.35. The number of hydrogen-bond donors (Lipinski definition) is 2. The molecule has 84 valence electrons. The lowest BCUT2D eigenvalue weighted by atomic mass is 10.2. The molecule has 0 radical (unpaired) electrons. The van der Waals surface area contributed by atoms with Crippen LogP contribution in [-0.4, -0.2) is 4.98 Å². The van der Waals surface area contributed by atoms with E-state index in [1.807, 2.05) is 6.07 Å². The van der Waals surface area contributed by atoms with E-state index in [9.17, 15) is 0 Å². The maximum absolute atomic E-state index is 8.95. The Morgan fingerprint density at radius 3 is 2.82 bits per heavy atom. The fourth-order valence-corrected chi connectivity index (χ4v) is 1.54. The number of rotatable bonds is 2. The summed E-state index contributed by atoms with van der Waals surface area (Å²) >= 11 is 5.76. The van der Waals surface area contributed by atoms with Gasteiger partial charge >= 0.3 is 0 Å². The molecule has 2 aromatic rings. The summed E-state index contributed by atoms with van der Waals surface area (Å²) in [6.07, 6.45) is 1.50. The maximum atomic E-state index is 8.95. The Labute approximate surface area is 104 Å². The molecule has 0 spiro atoms. The second-order valence-corrected chi connectivity index (χ2v) is 3.81. The summed E-state index contributed by atoms with van der Waals surface area (Å²) in [5, 5.41) is 12.4. The topological polar surface area (TPSA) is 74.7 Å². The van der Waals surface area contributed by atoms with Gasteiger partial charge in [0.15, 0.2) is 5.82 Å². The number of aromatic nitrogens is 1. The number of pyridine rings is 1. The lowest BCUT2D eigenvalue weighted by Gasteiger charge is -2.09. The fourth-order valence-electron chi connectivity index (χ4n) is 1.38. The molecule has 17 heavy (non-hydrogen) atoms. The first-order valence-corrected chi connectivity index (χ1v) is 5.25. The van der Waals surface area contributed by atoms with Gasteiger partial charge in [-0.15, -0.1) is 0 Å². The van der Waals surface area contributed by atoms with Crippen LogP contribution in [0.25, 0.3) is 0 Å². The van der Waals surface area contributed by atoms with Crippen molar-refractivity contribution in [3.05, 3.63) is 47.1 Å². The van der Waals surface area contributed by atoms with E-state index >= 15 is 0 Å². The zero-order valence-corrected chi connectivity index (χ0v) is 9.57. The number of para-hydroxylation sites is 1. The number of nitrogen functional groups attached to an aromatic ring is 1. The molecule has 0 atom stereocenters. The lowest BCUT2D eigenvalue weighted by molar-refractivity contribution is 1.31. The van der Waals surface area contributed by atoms with E-state index in [1.165, 1.54) is 6.20 Å². The fraction of sp³-hybridized carbons (Fsp3) is 0. The number of nitrogens with one attached hydrogen (secondary N) is 1. The SMILES string of the molecule is N#Cc1ccccc1Nc1ncc(Cl)cc1N. The van der Waals surface area contributed by atoms with Crippen LogP contribution in [0.2, 0.25) is 5.02 Å². The first-order chi connectivity index (χ1) is 8.20. The highest BCUT2D eigenvalue weighted by molar-refractivity contribution is 6.30. The highest BCUT2D eigenvalue weighted by Gasteiger charge is 2.05. The van der Waals surface area contributed by atoms with Crippen LogP contribution in [0, 0.1) is 11.3 Å². The van der Waals surface area contributed by atoms with Gasteiger partial charge in [-0.1, -0.05) is 23.7 Å². The van der Waals surface area contributed by atoms with E-state index in [4.69, 9.17) is 22.6 Å². The monoisotopic (exact) mass is 244 g/mol. The van der Waals surface area contributed by atoms with Gasteiger partial charge in [-0.2, -0.15) is 5.26 Å². The molecule has 0 bridgehead atoms. The molecule has 0 saturated heterocycles. The normalized spacial score (nSPS) is 9.65. The number of benzene rings is 1. The smallest absolute Gasteiger partial charge is 0.153 e. The number of nitriles is 1. The number of nitrogens with two attached hydrogens (primary N) is 1. The van der Waals surface area contributed by atoms with Gasteiger partial charge in [0, 0.05) is 6.20 Å². The lowest BCUT2D eigenvalue weighted by Crippen LogP contribution is -2.00. The van der Waals surface area contributed by atoms with Gasteiger partial charge in [-0.25, -0.2) is 4.98 Å². The summed E-state index contributed by atoms with van der Waals surface area (Å²) in [7, 11) is 0. The van der Waals surface area contributed by atoms with Crippen LogP contribution >= 0.6 is 11.6 Å². The van der Waals surface area contributed by atoms with Gasteiger partial charge in [0.05, 0.1) is 22.0 Å². The first-order valence-electron chi connectivity index (χ1n) is 4.88. The zero-order valence-electron chi connectivity index (χ0n) is 8.81. The third kappa shape index (κ3) is 2.47. The van der Waals surface area contributed by atoms with Crippen LogP contribution in [0.3, 0.4) is 0 Å². The molecule has 0 amide bonds. The van der Waals surface area contributed by atoms with E-state index in [-0.39, 0.29) is 0 Å². The largest absolute Gasteiger partial charge is 0.396 e. The average Bonchev–Trinajstić information content (AvgIpc) is 2.33. The second-order valence-electron chi connectivity index (χ2n) is 3.37. The summed E-state index contributed by atoms with van der Waals surface area (Å²) in [6, 6.07) is 10.8. The molecule has 0 aliphatic carbocycles. The number of hydrogen-bond acceptors (Lipinski definition) is 4. The van der Waals surface area contributed by atoms with Crippen LogP contribution in [0.4, 0.5) is 17.2 Å². The van der Waals surface area contributed by atoms with Gasteiger partial charge < -0.3 is 11.1 Å². The molecule has 0 saturated carbocycles. The van der Waals surface area contributed by atoms with E-state index in [2.05, 4.69) is 16.4 Å². The second kappa shape index (κ2) is 4.73. The molecule has 1 aromatic heterocycles. The quantitative estimate of drug-likeness (QED) is 0.852. The van der Waals surface area contributed by atoms with Gasteiger partial charge in [0.25, 0.3) is 0 Å². The summed E-state index contributed by atoms with van der Waals surface area (Å²) in [6.45, 7) is 0. The molecule has 0 fully saturated rings. The minimum absolute atomic E-state index is 0.435. The third-order valence-corrected chi connectivity index (χ3v) is 2.39. The molecular formula is C12H9ClN4. The predicted molar refractivity (Wildman–Crippen MR) is 68.1 cm³/mol. The van der Waals surface area contributed by atoms with E-state index < -0.39 is 0 Å². The van der Waals surface area contributed by atoms with Gasteiger partial charge in [-0.05, 0) is 18.2 Å². The van der Waals surface area contributed by atoms with Crippen molar-refractivity contribution in [3.63, 3.8) is 0 Å². The van der Waals surface area contributed by atoms with Gasteiger partial charge in [0.1, 0.15) is 6.07 Å². The molecular weight excluding hydrogens is 236 g/mol. The third-order valence-electron chi connectivity index (χ3n) is 2.18. The molecule has 0 aliphatic heterocycles. The van der Waals surface area contributed by atoms with Crippen molar-refractivity contribution < 1.29 is 0 Å². The van der Waals surface area contributed by atoms with Crippen LogP contribution in [-0.2, 0) is 0 Å². The van der Waals surface area contributed by atoms with Crippen molar-refractivity contribution in [2.24, 2.45) is 0 Å². The summed E-state index contributed by atoms with van der Waals surface area (Å²) in [5.41, 5.74) is 7.40. The van der Waals surface area contributed by atoms with Crippen LogP contribution < -0.4 is 11.1 Å². The van der Waals surface area contributed by atoms with Crippen LogP contribution in [0.15, 0.2) is 36.5 Å². The minimum Gasteiger partial charge on any atom is -0.396 e. The van der Waals surface area contributed by atoms with Crippen molar-refractivity contribution >= 4 is 28.8 Å². The van der Waals surface area contributed by atoms with Crippen molar-refractivity contribution in [2.75, 3.05) is 11.1 Å².